The summed E-state index contributed by atoms with van der Waals surface area (Å²) in [5.74, 6) is -0.619. The van der Waals surface area contributed by atoms with Crippen LogP contribution in [0, 0.1) is 0 Å². The van der Waals surface area contributed by atoms with Crippen molar-refractivity contribution in [3.8, 4) is 5.75 Å². The number of carbonyl (C=O) groups is 2. The van der Waals surface area contributed by atoms with Crippen molar-refractivity contribution in [2.45, 2.75) is 6.42 Å². The average molecular weight is 238 g/mol. The summed E-state index contributed by atoms with van der Waals surface area (Å²) in [7, 11) is 1.28. The van der Waals surface area contributed by atoms with Crippen LogP contribution in [-0.4, -0.2) is 25.6 Å². The zero-order valence-corrected chi connectivity index (χ0v) is 9.43. The highest BCUT2D eigenvalue weighted by atomic mass is 16.5. The summed E-state index contributed by atoms with van der Waals surface area (Å²) < 4.78 is 9.81. The molecule has 6 heteroatoms. The molecule has 1 aromatic carbocycles. The van der Waals surface area contributed by atoms with Gasteiger partial charge in [-0.3, -0.25) is 4.79 Å². The number of rotatable bonds is 5. The Kier molecular flexibility index (Phi) is 4.33. The first-order valence-electron chi connectivity index (χ1n) is 4.93. The maximum atomic E-state index is 11.3. The number of hydrogen-bond donors (Lipinski definition) is 2. The Labute approximate surface area is 98.5 Å². The second-order valence-electron chi connectivity index (χ2n) is 3.31. The third kappa shape index (κ3) is 3.67. The van der Waals surface area contributed by atoms with Gasteiger partial charge in [0.2, 0.25) is 5.91 Å². The van der Waals surface area contributed by atoms with E-state index in [2.05, 4.69) is 4.74 Å². The SMILES string of the molecule is COC(=O)c1ccc(N)c(OCCC(N)=O)c1. The topological polar surface area (TPSA) is 105 Å². The monoisotopic (exact) mass is 238 g/mol. The van der Waals surface area contributed by atoms with E-state index in [1.54, 1.807) is 0 Å². The molecular weight excluding hydrogens is 224 g/mol. The molecule has 0 atom stereocenters. The quantitative estimate of drug-likeness (QED) is 0.567. The molecule has 4 N–H and O–H groups in total. The largest absolute Gasteiger partial charge is 0.491 e. The highest BCUT2D eigenvalue weighted by Gasteiger charge is 2.09. The number of nitrogen functional groups attached to an aromatic ring is 1. The first kappa shape index (κ1) is 12.8. The van der Waals surface area contributed by atoms with Gasteiger partial charge >= 0.3 is 5.97 Å². The van der Waals surface area contributed by atoms with Gasteiger partial charge in [0, 0.05) is 0 Å². The number of primary amides is 1. The summed E-state index contributed by atoms with van der Waals surface area (Å²) in [5, 5.41) is 0. The molecule has 0 bridgehead atoms. The Morgan fingerprint density at radius 2 is 2.06 bits per heavy atom. The Morgan fingerprint density at radius 1 is 1.35 bits per heavy atom. The van der Waals surface area contributed by atoms with E-state index < -0.39 is 11.9 Å². The number of benzene rings is 1. The maximum Gasteiger partial charge on any atom is 0.337 e. The summed E-state index contributed by atoms with van der Waals surface area (Å²) in [6.45, 7) is 0.115. The molecule has 0 spiro atoms. The summed E-state index contributed by atoms with van der Waals surface area (Å²) in [6.07, 6.45) is 0.0852. The van der Waals surface area contributed by atoms with Gasteiger partial charge in [0.1, 0.15) is 5.75 Å². The molecule has 1 aromatic rings. The predicted molar refractivity (Wildman–Crippen MR) is 61.5 cm³/mol. The second-order valence-corrected chi connectivity index (χ2v) is 3.31. The van der Waals surface area contributed by atoms with E-state index in [0.29, 0.717) is 17.0 Å². The summed E-state index contributed by atoms with van der Waals surface area (Å²) in [4.78, 5) is 21.8. The molecule has 0 aliphatic carbocycles. The molecule has 0 aliphatic rings. The van der Waals surface area contributed by atoms with E-state index in [0.717, 1.165) is 0 Å². The Bertz CT molecular complexity index is 431. The normalized spacial score (nSPS) is 9.71. The molecule has 0 saturated carbocycles. The third-order valence-corrected chi connectivity index (χ3v) is 2.04. The molecule has 0 unspecified atom stereocenters. The molecule has 1 rings (SSSR count). The van der Waals surface area contributed by atoms with E-state index in [-0.39, 0.29) is 13.0 Å². The highest BCUT2D eigenvalue weighted by Crippen LogP contribution is 2.23. The number of carbonyl (C=O) groups excluding carboxylic acids is 2. The van der Waals surface area contributed by atoms with Crippen LogP contribution in [-0.2, 0) is 9.53 Å². The molecule has 1 amide bonds. The van der Waals surface area contributed by atoms with Crippen LogP contribution in [0.25, 0.3) is 0 Å². The Hall–Kier alpha value is -2.24. The molecule has 0 aromatic heterocycles. The van der Waals surface area contributed by atoms with Crippen LogP contribution in [0.15, 0.2) is 18.2 Å². The summed E-state index contributed by atoms with van der Waals surface area (Å²) in [6, 6.07) is 4.52. The Balaban J connectivity index is 2.76. The van der Waals surface area contributed by atoms with Gasteiger partial charge in [-0.15, -0.1) is 0 Å². The molecule has 17 heavy (non-hydrogen) atoms. The van der Waals surface area contributed by atoms with Gasteiger partial charge in [0.25, 0.3) is 0 Å². The van der Waals surface area contributed by atoms with Gasteiger partial charge in [0.05, 0.1) is 31.4 Å². The zero-order valence-electron chi connectivity index (χ0n) is 9.43. The number of amides is 1. The van der Waals surface area contributed by atoms with Gasteiger partial charge in [0.15, 0.2) is 0 Å². The lowest BCUT2D eigenvalue weighted by Gasteiger charge is -2.09. The predicted octanol–water partition coefficient (Wildman–Crippen LogP) is 0.310. The number of hydrogen-bond acceptors (Lipinski definition) is 5. The van der Waals surface area contributed by atoms with Crippen LogP contribution < -0.4 is 16.2 Å². The van der Waals surface area contributed by atoms with Crippen LogP contribution >= 0.6 is 0 Å². The van der Waals surface area contributed by atoms with Crippen LogP contribution in [0.4, 0.5) is 5.69 Å². The molecule has 0 fully saturated rings. The van der Waals surface area contributed by atoms with Crippen molar-refractivity contribution in [1.29, 1.82) is 0 Å². The van der Waals surface area contributed by atoms with Gasteiger partial charge in [-0.1, -0.05) is 0 Å². The zero-order chi connectivity index (χ0) is 12.8. The molecule has 92 valence electrons. The van der Waals surface area contributed by atoms with E-state index >= 15 is 0 Å². The number of methoxy groups -OCH3 is 1. The molecule has 0 saturated heterocycles. The number of anilines is 1. The Morgan fingerprint density at radius 3 is 2.65 bits per heavy atom. The van der Waals surface area contributed by atoms with Crippen molar-refractivity contribution in [3.63, 3.8) is 0 Å². The fourth-order valence-electron chi connectivity index (χ4n) is 1.17. The van der Waals surface area contributed by atoms with Gasteiger partial charge in [-0.05, 0) is 18.2 Å². The molecular formula is C11H14N2O4. The van der Waals surface area contributed by atoms with Crippen molar-refractivity contribution in [2.24, 2.45) is 5.73 Å². The number of ether oxygens (including phenoxy) is 2. The standard InChI is InChI=1S/C11H14N2O4/c1-16-11(15)7-2-3-8(12)9(6-7)17-5-4-10(13)14/h2-3,6H,4-5,12H2,1H3,(H2,13,14). The van der Waals surface area contributed by atoms with Crippen molar-refractivity contribution in [3.05, 3.63) is 23.8 Å². The third-order valence-electron chi connectivity index (χ3n) is 2.04. The van der Waals surface area contributed by atoms with E-state index in [1.165, 1.54) is 25.3 Å². The minimum atomic E-state index is -0.482. The van der Waals surface area contributed by atoms with Crippen LogP contribution in [0.5, 0.6) is 5.75 Å². The fourth-order valence-corrected chi connectivity index (χ4v) is 1.17. The van der Waals surface area contributed by atoms with Gasteiger partial charge in [-0.2, -0.15) is 0 Å². The smallest absolute Gasteiger partial charge is 0.337 e. The molecule has 0 aliphatic heterocycles. The minimum absolute atomic E-state index is 0.0852. The minimum Gasteiger partial charge on any atom is -0.491 e. The molecule has 0 heterocycles. The van der Waals surface area contributed by atoms with Crippen molar-refractivity contribution >= 4 is 17.6 Å². The number of nitrogens with two attached hydrogens (primary N) is 2. The summed E-state index contributed by atoms with van der Waals surface area (Å²) in [5.41, 5.74) is 11.3. The fraction of sp³-hybridized carbons (Fsp3) is 0.273. The lowest BCUT2D eigenvalue weighted by atomic mass is 10.2. The molecule has 6 nitrogen and oxygen atoms in total. The van der Waals surface area contributed by atoms with Crippen molar-refractivity contribution < 1.29 is 19.1 Å². The number of esters is 1. The second kappa shape index (κ2) is 5.74. The highest BCUT2D eigenvalue weighted by molar-refractivity contribution is 5.90. The molecule has 0 radical (unpaired) electrons. The van der Waals surface area contributed by atoms with E-state index in [9.17, 15) is 9.59 Å². The lowest BCUT2D eigenvalue weighted by molar-refractivity contribution is -0.118. The van der Waals surface area contributed by atoms with Gasteiger partial charge < -0.3 is 20.9 Å². The van der Waals surface area contributed by atoms with Crippen molar-refractivity contribution in [2.75, 3.05) is 19.5 Å². The van der Waals surface area contributed by atoms with Crippen LogP contribution in [0.3, 0.4) is 0 Å². The van der Waals surface area contributed by atoms with Crippen LogP contribution in [0.1, 0.15) is 16.8 Å². The lowest BCUT2D eigenvalue weighted by Crippen LogP contribution is -2.15. The summed E-state index contributed by atoms with van der Waals surface area (Å²) >= 11 is 0. The first-order chi connectivity index (χ1) is 8.04. The van der Waals surface area contributed by atoms with Crippen LogP contribution in [0.2, 0.25) is 0 Å². The van der Waals surface area contributed by atoms with E-state index in [4.69, 9.17) is 16.2 Å². The maximum absolute atomic E-state index is 11.3. The van der Waals surface area contributed by atoms with Gasteiger partial charge in [-0.25, -0.2) is 4.79 Å². The van der Waals surface area contributed by atoms with Crippen molar-refractivity contribution in [1.82, 2.24) is 0 Å². The first-order valence-corrected chi connectivity index (χ1v) is 4.93. The van der Waals surface area contributed by atoms with E-state index in [1.807, 2.05) is 0 Å². The average Bonchev–Trinajstić information content (AvgIpc) is 2.30.